The van der Waals surface area contributed by atoms with Crippen LogP contribution < -0.4 is 5.32 Å². The van der Waals surface area contributed by atoms with E-state index in [1.807, 2.05) is 19.2 Å². The molecule has 0 aliphatic heterocycles. The maximum absolute atomic E-state index is 4.75. The minimum Gasteiger partial charge on any atom is -0.385 e. The highest BCUT2D eigenvalue weighted by Gasteiger charge is 2.13. The van der Waals surface area contributed by atoms with Crippen LogP contribution in [0.25, 0.3) is 26.9 Å². The lowest BCUT2D eigenvalue weighted by atomic mass is 10.2. The van der Waals surface area contributed by atoms with Crippen molar-refractivity contribution in [1.29, 1.82) is 0 Å². The molecular weight excluding hydrogens is 344 g/mol. The van der Waals surface area contributed by atoms with E-state index >= 15 is 0 Å². The predicted octanol–water partition coefficient (Wildman–Crippen LogP) is 4.44. The molecule has 4 aromatic rings. The third-order valence-corrected chi connectivity index (χ3v) is 5.40. The van der Waals surface area contributed by atoms with Gasteiger partial charge in [0.15, 0.2) is 0 Å². The number of hydrogen-bond donors (Lipinski definition) is 1. The summed E-state index contributed by atoms with van der Waals surface area (Å²) in [5.74, 6) is 0.597. The fourth-order valence-electron chi connectivity index (χ4n) is 2.74. The SMILES string of the molecule is CCCCNc1ccc(-c2nc(C)c(-c3ccn4ncnc4n3)s2)cc1. The molecule has 1 N–H and O–H groups in total. The molecule has 0 bridgehead atoms. The van der Waals surface area contributed by atoms with Crippen molar-refractivity contribution in [2.24, 2.45) is 0 Å². The summed E-state index contributed by atoms with van der Waals surface area (Å²) in [6, 6.07) is 10.4. The van der Waals surface area contributed by atoms with E-state index in [9.17, 15) is 0 Å². The number of rotatable bonds is 6. The fraction of sp³-hybridized carbons (Fsp3) is 0.263. The Hall–Kier alpha value is -2.80. The van der Waals surface area contributed by atoms with E-state index < -0.39 is 0 Å². The Balaban J connectivity index is 1.59. The van der Waals surface area contributed by atoms with Crippen LogP contribution in [-0.4, -0.2) is 31.1 Å². The number of aromatic nitrogens is 5. The Morgan fingerprint density at radius 3 is 2.77 bits per heavy atom. The number of nitrogens with zero attached hydrogens (tertiary/aromatic N) is 5. The van der Waals surface area contributed by atoms with Crippen molar-refractivity contribution in [1.82, 2.24) is 24.6 Å². The van der Waals surface area contributed by atoms with Crippen molar-refractivity contribution in [2.45, 2.75) is 26.7 Å². The minimum absolute atomic E-state index is 0.597. The standard InChI is InChI=1S/C19H20N6S/c1-3-4-10-20-15-7-5-14(6-8-15)18-23-13(2)17(26-18)16-9-11-25-19(24-16)21-12-22-25/h5-9,11-12,20H,3-4,10H2,1-2H3. The lowest BCUT2D eigenvalue weighted by Crippen LogP contribution is -2.00. The summed E-state index contributed by atoms with van der Waals surface area (Å²) in [4.78, 5) is 14.5. The van der Waals surface area contributed by atoms with Gasteiger partial charge in [0.2, 0.25) is 0 Å². The molecule has 0 aliphatic rings. The first-order chi connectivity index (χ1) is 12.7. The first kappa shape index (κ1) is 16.7. The quantitative estimate of drug-likeness (QED) is 0.512. The molecule has 7 heteroatoms. The zero-order chi connectivity index (χ0) is 17.9. The lowest BCUT2D eigenvalue weighted by Gasteiger charge is -2.05. The summed E-state index contributed by atoms with van der Waals surface area (Å²) in [5.41, 5.74) is 4.12. The van der Waals surface area contributed by atoms with E-state index in [2.05, 4.69) is 51.6 Å². The molecule has 0 atom stereocenters. The van der Waals surface area contributed by atoms with E-state index in [-0.39, 0.29) is 0 Å². The summed E-state index contributed by atoms with van der Waals surface area (Å²) < 4.78 is 1.66. The Kier molecular flexibility index (Phi) is 4.62. The average molecular weight is 364 g/mol. The summed E-state index contributed by atoms with van der Waals surface area (Å²) in [6.07, 6.45) is 5.76. The molecule has 0 fully saturated rings. The van der Waals surface area contributed by atoms with Crippen LogP contribution in [-0.2, 0) is 0 Å². The van der Waals surface area contributed by atoms with Gasteiger partial charge < -0.3 is 5.32 Å². The van der Waals surface area contributed by atoms with E-state index in [1.165, 1.54) is 19.2 Å². The number of unbranched alkanes of at least 4 members (excludes halogenated alkanes) is 1. The van der Waals surface area contributed by atoms with Crippen LogP contribution in [0.4, 0.5) is 5.69 Å². The number of hydrogen-bond acceptors (Lipinski definition) is 6. The van der Waals surface area contributed by atoms with Crippen LogP contribution >= 0.6 is 11.3 Å². The first-order valence-electron chi connectivity index (χ1n) is 8.73. The third kappa shape index (κ3) is 3.30. The molecule has 6 nitrogen and oxygen atoms in total. The van der Waals surface area contributed by atoms with Gasteiger partial charge in [-0.3, -0.25) is 0 Å². The average Bonchev–Trinajstić information content (AvgIpc) is 3.28. The van der Waals surface area contributed by atoms with Gasteiger partial charge in [0.1, 0.15) is 11.3 Å². The molecule has 1 aromatic carbocycles. The number of anilines is 1. The number of benzene rings is 1. The largest absolute Gasteiger partial charge is 0.385 e. The van der Waals surface area contributed by atoms with Crippen molar-refractivity contribution < 1.29 is 0 Å². The van der Waals surface area contributed by atoms with Crippen molar-refractivity contribution in [3.05, 3.63) is 48.5 Å². The van der Waals surface area contributed by atoms with Crippen molar-refractivity contribution in [2.75, 3.05) is 11.9 Å². The van der Waals surface area contributed by atoms with E-state index in [0.717, 1.165) is 39.1 Å². The molecule has 3 heterocycles. The summed E-state index contributed by atoms with van der Waals surface area (Å²) >= 11 is 1.65. The van der Waals surface area contributed by atoms with Gasteiger partial charge in [0, 0.05) is 24.0 Å². The second-order valence-corrected chi connectivity index (χ2v) is 7.11. The van der Waals surface area contributed by atoms with Crippen molar-refractivity contribution in [3.8, 4) is 21.1 Å². The second-order valence-electron chi connectivity index (χ2n) is 6.11. The number of nitrogens with one attached hydrogen (secondary N) is 1. The summed E-state index contributed by atoms with van der Waals surface area (Å²) in [7, 11) is 0. The van der Waals surface area contributed by atoms with Gasteiger partial charge in [-0.15, -0.1) is 11.3 Å². The van der Waals surface area contributed by atoms with E-state index in [0.29, 0.717) is 5.78 Å². The molecule has 0 spiro atoms. The van der Waals surface area contributed by atoms with Gasteiger partial charge in [-0.2, -0.15) is 10.1 Å². The van der Waals surface area contributed by atoms with Gasteiger partial charge in [0.05, 0.1) is 16.3 Å². The minimum atomic E-state index is 0.597. The Bertz CT molecular complexity index is 1020. The normalized spacial score (nSPS) is 11.2. The zero-order valence-corrected chi connectivity index (χ0v) is 15.6. The smallest absolute Gasteiger partial charge is 0.252 e. The number of thiazole rings is 1. The molecule has 132 valence electrons. The van der Waals surface area contributed by atoms with Crippen molar-refractivity contribution in [3.63, 3.8) is 0 Å². The van der Waals surface area contributed by atoms with E-state index in [1.54, 1.807) is 15.9 Å². The molecular formula is C19H20N6S. The van der Waals surface area contributed by atoms with Crippen LogP contribution in [0.2, 0.25) is 0 Å². The molecule has 0 aliphatic carbocycles. The van der Waals surface area contributed by atoms with Crippen molar-refractivity contribution >= 4 is 22.8 Å². The maximum Gasteiger partial charge on any atom is 0.252 e. The van der Waals surface area contributed by atoms with Gasteiger partial charge in [-0.1, -0.05) is 13.3 Å². The summed E-state index contributed by atoms with van der Waals surface area (Å²) in [6.45, 7) is 5.22. The van der Waals surface area contributed by atoms with Gasteiger partial charge >= 0.3 is 0 Å². The number of aryl methyl sites for hydroxylation is 1. The molecule has 4 rings (SSSR count). The predicted molar refractivity (Wildman–Crippen MR) is 105 cm³/mol. The Labute approximate surface area is 156 Å². The molecule has 0 saturated carbocycles. The zero-order valence-electron chi connectivity index (χ0n) is 14.8. The van der Waals surface area contributed by atoms with Crippen LogP contribution in [0.15, 0.2) is 42.9 Å². The molecule has 3 aromatic heterocycles. The molecule has 0 radical (unpaired) electrons. The molecule has 0 amide bonds. The fourth-order valence-corrected chi connectivity index (χ4v) is 3.78. The van der Waals surface area contributed by atoms with Gasteiger partial charge in [-0.25, -0.2) is 14.5 Å². The maximum atomic E-state index is 4.75. The number of fused-ring (bicyclic) bond motifs is 1. The third-order valence-electron chi connectivity index (χ3n) is 4.17. The van der Waals surface area contributed by atoms with Crippen LogP contribution in [0.3, 0.4) is 0 Å². The van der Waals surface area contributed by atoms with Gasteiger partial charge in [-0.05, 0) is 43.7 Å². The molecule has 0 unspecified atom stereocenters. The van der Waals surface area contributed by atoms with Crippen LogP contribution in [0, 0.1) is 6.92 Å². The highest BCUT2D eigenvalue weighted by atomic mass is 32.1. The summed E-state index contributed by atoms with van der Waals surface area (Å²) in [5, 5.41) is 8.53. The first-order valence-corrected chi connectivity index (χ1v) is 9.55. The second kappa shape index (κ2) is 7.21. The topological polar surface area (TPSA) is 68.0 Å². The lowest BCUT2D eigenvalue weighted by molar-refractivity contribution is 0.834. The van der Waals surface area contributed by atoms with Crippen LogP contribution in [0.5, 0.6) is 0 Å². The highest BCUT2D eigenvalue weighted by Crippen LogP contribution is 2.34. The monoisotopic (exact) mass is 364 g/mol. The van der Waals surface area contributed by atoms with Crippen LogP contribution in [0.1, 0.15) is 25.5 Å². The Morgan fingerprint density at radius 2 is 1.96 bits per heavy atom. The highest BCUT2D eigenvalue weighted by molar-refractivity contribution is 7.18. The molecule has 0 saturated heterocycles. The van der Waals surface area contributed by atoms with Gasteiger partial charge in [0.25, 0.3) is 5.78 Å². The molecule has 26 heavy (non-hydrogen) atoms. The van der Waals surface area contributed by atoms with E-state index in [4.69, 9.17) is 4.98 Å². The Morgan fingerprint density at radius 1 is 1.12 bits per heavy atom.